The van der Waals surface area contributed by atoms with Gasteiger partial charge in [-0.1, -0.05) is 121 Å². The lowest BCUT2D eigenvalue weighted by Crippen LogP contribution is -1.96. The summed E-state index contributed by atoms with van der Waals surface area (Å²) in [7, 11) is 1.95. The first-order valence-corrected chi connectivity index (χ1v) is 15.9. The van der Waals surface area contributed by atoms with Gasteiger partial charge in [-0.25, -0.2) is 0 Å². The molecule has 0 atom stereocenters. The summed E-state index contributed by atoms with van der Waals surface area (Å²) in [6.07, 6.45) is 4.04. The average Bonchev–Trinajstić information content (AvgIpc) is 3.43. The van der Waals surface area contributed by atoms with Gasteiger partial charge in [0.25, 0.3) is 0 Å². The van der Waals surface area contributed by atoms with E-state index >= 15 is 0 Å². The van der Waals surface area contributed by atoms with Gasteiger partial charge in [0.2, 0.25) is 0 Å². The first-order chi connectivity index (χ1) is 22.5. The highest BCUT2D eigenvalue weighted by molar-refractivity contribution is 6.19. The largest absolute Gasteiger partial charge is 0.394 e. The van der Waals surface area contributed by atoms with Crippen LogP contribution < -0.4 is 5.32 Å². The third-order valence-corrected chi connectivity index (χ3v) is 9.05. The fourth-order valence-electron chi connectivity index (χ4n) is 6.94. The van der Waals surface area contributed by atoms with Gasteiger partial charge in [-0.3, -0.25) is 0 Å². The van der Waals surface area contributed by atoms with E-state index in [1.807, 2.05) is 13.1 Å². The quantitative estimate of drug-likeness (QED) is 0.182. The van der Waals surface area contributed by atoms with Crippen LogP contribution in [-0.4, -0.2) is 11.6 Å². The number of para-hydroxylation sites is 1. The molecule has 0 saturated carbocycles. The van der Waals surface area contributed by atoms with E-state index in [2.05, 4.69) is 171 Å². The van der Waals surface area contributed by atoms with Gasteiger partial charge in [-0.05, 0) is 101 Å². The molecule has 0 aliphatic rings. The van der Waals surface area contributed by atoms with Crippen molar-refractivity contribution < 1.29 is 0 Å². The maximum absolute atomic E-state index is 4.13. The van der Waals surface area contributed by atoms with Crippen molar-refractivity contribution in [2.24, 2.45) is 0 Å². The zero-order valence-corrected chi connectivity index (χ0v) is 26.9. The summed E-state index contributed by atoms with van der Waals surface area (Å²) in [4.78, 5) is 0. The van der Waals surface area contributed by atoms with Crippen LogP contribution in [0.1, 0.15) is 31.9 Å². The van der Waals surface area contributed by atoms with Gasteiger partial charge < -0.3 is 9.88 Å². The maximum atomic E-state index is 4.13. The van der Waals surface area contributed by atoms with Crippen molar-refractivity contribution >= 4 is 43.7 Å². The number of aromatic nitrogens is 1. The molecular formula is C44H38N2. The van der Waals surface area contributed by atoms with Crippen molar-refractivity contribution in [2.45, 2.75) is 20.8 Å². The molecule has 0 fully saturated rings. The Balaban J connectivity index is 1.50. The highest BCUT2D eigenvalue weighted by Gasteiger charge is 2.18. The maximum Gasteiger partial charge on any atom is 0.0619 e. The molecule has 7 aromatic rings. The Hall–Kier alpha value is -5.60. The van der Waals surface area contributed by atoms with Gasteiger partial charge in [-0.2, -0.15) is 0 Å². The Bertz CT molecular complexity index is 2330. The Kier molecular flexibility index (Phi) is 7.64. The summed E-state index contributed by atoms with van der Waals surface area (Å²) in [6, 6.07) is 46.5. The molecule has 2 nitrogen and oxygen atoms in total. The van der Waals surface area contributed by atoms with Crippen molar-refractivity contribution in [3.05, 3.63) is 163 Å². The van der Waals surface area contributed by atoms with Gasteiger partial charge in [-0.15, -0.1) is 0 Å². The van der Waals surface area contributed by atoms with Crippen molar-refractivity contribution in [1.29, 1.82) is 0 Å². The molecule has 224 valence electrons. The molecule has 0 unspecified atom stereocenters. The highest BCUT2D eigenvalue weighted by Crippen LogP contribution is 2.41. The van der Waals surface area contributed by atoms with Crippen molar-refractivity contribution in [2.75, 3.05) is 7.05 Å². The molecule has 1 aromatic heterocycles. The second kappa shape index (κ2) is 12.1. The Morgan fingerprint density at radius 3 is 1.93 bits per heavy atom. The lowest BCUT2D eigenvalue weighted by Gasteiger charge is -2.14. The Morgan fingerprint density at radius 2 is 1.24 bits per heavy atom. The minimum atomic E-state index is 1.15. The minimum absolute atomic E-state index is 1.15. The number of nitrogens with zero attached hydrogens (tertiary/aromatic N) is 1. The molecule has 2 heteroatoms. The van der Waals surface area contributed by atoms with Crippen LogP contribution in [-0.2, 0) is 0 Å². The van der Waals surface area contributed by atoms with Crippen LogP contribution in [0.2, 0.25) is 0 Å². The van der Waals surface area contributed by atoms with Gasteiger partial charge in [0.05, 0.1) is 11.0 Å². The van der Waals surface area contributed by atoms with E-state index in [1.165, 1.54) is 82.7 Å². The Labute approximate surface area is 271 Å². The third-order valence-electron chi connectivity index (χ3n) is 9.05. The number of hydrogen-bond donors (Lipinski definition) is 1. The number of allylic oxidation sites excluding steroid dienone is 4. The van der Waals surface area contributed by atoms with E-state index in [9.17, 15) is 0 Å². The van der Waals surface area contributed by atoms with Crippen LogP contribution in [0, 0.1) is 0 Å². The van der Waals surface area contributed by atoms with Crippen LogP contribution >= 0.6 is 0 Å². The lowest BCUT2D eigenvalue weighted by molar-refractivity contribution is 1.10. The number of benzene rings is 6. The van der Waals surface area contributed by atoms with Crippen LogP contribution in [0.3, 0.4) is 0 Å². The summed E-state index contributed by atoms with van der Waals surface area (Å²) in [5.41, 5.74) is 14.5. The van der Waals surface area contributed by atoms with Crippen LogP contribution in [0.5, 0.6) is 0 Å². The lowest BCUT2D eigenvalue weighted by atomic mass is 9.92. The molecule has 0 aliphatic heterocycles. The molecule has 6 aromatic carbocycles. The minimum Gasteiger partial charge on any atom is -0.394 e. The topological polar surface area (TPSA) is 17.0 Å². The van der Waals surface area contributed by atoms with Gasteiger partial charge in [0.1, 0.15) is 0 Å². The normalized spacial score (nSPS) is 11.7. The Morgan fingerprint density at radius 1 is 0.630 bits per heavy atom. The van der Waals surface area contributed by atoms with E-state index in [0.29, 0.717) is 0 Å². The smallest absolute Gasteiger partial charge is 0.0619 e. The molecular weight excluding hydrogens is 556 g/mol. The number of nitrogens with one attached hydrogen (secondary N) is 1. The summed E-state index contributed by atoms with van der Waals surface area (Å²) >= 11 is 0. The van der Waals surface area contributed by atoms with Gasteiger partial charge in [0, 0.05) is 28.9 Å². The van der Waals surface area contributed by atoms with Gasteiger partial charge in [0.15, 0.2) is 0 Å². The molecule has 1 N–H and O–H groups in total. The highest BCUT2D eigenvalue weighted by atomic mass is 15.0. The molecule has 1 heterocycles. The molecule has 0 radical (unpaired) electrons. The van der Waals surface area contributed by atoms with E-state index in [0.717, 1.165) is 5.69 Å². The molecule has 0 spiro atoms. The second-order valence-corrected chi connectivity index (χ2v) is 12.1. The standard InChI is InChI=1S/C44H38N2/c1-6-35(29(2)3)40-19-13-12-18-38(40)33-21-24-41-42-25-22-32-26-31(37-17-11-10-16-36(37)30(4)28-45-5)20-23-39(32)44(42)46(43(41)27-33)34-14-8-7-9-15-34/h6-28,45H,1H2,2-5H3/b30-28+. The summed E-state index contributed by atoms with van der Waals surface area (Å²) in [5.74, 6) is 0. The summed E-state index contributed by atoms with van der Waals surface area (Å²) in [5, 5.41) is 8.15. The van der Waals surface area contributed by atoms with E-state index in [4.69, 9.17) is 0 Å². The molecule has 0 aliphatic carbocycles. The zero-order valence-electron chi connectivity index (χ0n) is 26.9. The van der Waals surface area contributed by atoms with Crippen molar-refractivity contribution in [1.82, 2.24) is 9.88 Å². The average molecular weight is 595 g/mol. The predicted octanol–water partition coefficient (Wildman–Crippen LogP) is 11.8. The number of fused-ring (bicyclic) bond motifs is 5. The summed E-state index contributed by atoms with van der Waals surface area (Å²) < 4.78 is 2.45. The fourth-order valence-corrected chi connectivity index (χ4v) is 6.94. The molecule has 46 heavy (non-hydrogen) atoms. The monoisotopic (exact) mass is 594 g/mol. The molecule has 0 amide bonds. The SMILES string of the molecule is C=CC(=C(C)C)c1ccccc1-c1ccc2c3ccc4cc(-c5ccccc5/C(C)=C/NC)ccc4c3n(-c3ccccc3)c2c1. The zero-order chi connectivity index (χ0) is 31.8. The van der Waals surface area contributed by atoms with E-state index < -0.39 is 0 Å². The van der Waals surface area contributed by atoms with Crippen molar-refractivity contribution in [3.8, 4) is 27.9 Å². The number of hydrogen-bond acceptors (Lipinski definition) is 1. The van der Waals surface area contributed by atoms with E-state index in [-0.39, 0.29) is 0 Å². The first-order valence-electron chi connectivity index (χ1n) is 15.9. The predicted molar refractivity (Wildman–Crippen MR) is 200 cm³/mol. The number of rotatable bonds is 7. The first kappa shape index (κ1) is 29.1. The third kappa shape index (κ3) is 4.93. The molecule has 7 rings (SSSR count). The molecule has 0 bridgehead atoms. The second-order valence-electron chi connectivity index (χ2n) is 12.1. The van der Waals surface area contributed by atoms with Crippen LogP contribution in [0.15, 0.2) is 152 Å². The van der Waals surface area contributed by atoms with Crippen molar-refractivity contribution in [3.63, 3.8) is 0 Å². The molecule has 0 saturated heterocycles. The van der Waals surface area contributed by atoms with E-state index in [1.54, 1.807) is 0 Å². The van der Waals surface area contributed by atoms with Gasteiger partial charge >= 0.3 is 0 Å². The fraction of sp³-hybridized carbons (Fsp3) is 0.0909. The van der Waals surface area contributed by atoms with Crippen LogP contribution in [0.25, 0.3) is 71.7 Å². The van der Waals surface area contributed by atoms with Crippen LogP contribution in [0.4, 0.5) is 0 Å². The summed E-state index contributed by atoms with van der Waals surface area (Å²) in [6.45, 7) is 10.6.